The number of carbonyl (C=O) groups is 3. The van der Waals surface area contributed by atoms with Crippen LogP contribution in [-0.4, -0.2) is 43.9 Å². The Morgan fingerprint density at radius 2 is 2.10 bits per heavy atom. The van der Waals surface area contributed by atoms with E-state index in [1.54, 1.807) is 24.7 Å². The molecule has 0 aliphatic heterocycles. The van der Waals surface area contributed by atoms with Crippen molar-refractivity contribution in [3.63, 3.8) is 0 Å². The first-order valence-corrected chi connectivity index (χ1v) is 6.80. The van der Waals surface area contributed by atoms with Crippen molar-refractivity contribution >= 4 is 39.4 Å². The number of carboxylic acids is 2. The summed E-state index contributed by atoms with van der Waals surface area (Å²) in [5.74, 6) is -3.28. The first kappa shape index (κ1) is 15.0. The zero-order valence-corrected chi connectivity index (χ0v) is 12.1. The van der Waals surface area contributed by atoms with Crippen molar-refractivity contribution in [2.24, 2.45) is 7.05 Å². The Balaban J connectivity index is 2.23. The fourth-order valence-electron chi connectivity index (χ4n) is 1.92. The van der Waals surface area contributed by atoms with Crippen LogP contribution in [0, 0.1) is 6.92 Å². The maximum absolute atomic E-state index is 12.0. The summed E-state index contributed by atoms with van der Waals surface area (Å²) in [6, 6.07) is 0.164. The first-order valence-electron chi connectivity index (χ1n) is 5.98. The van der Waals surface area contributed by atoms with Crippen LogP contribution in [0.15, 0.2) is 6.07 Å². The molecule has 0 saturated heterocycles. The molecule has 0 aliphatic carbocycles. The van der Waals surface area contributed by atoms with Gasteiger partial charge in [-0.2, -0.15) is 5.10 Å². The first-order chi connectivity index (χ1) is 9.79. The summed E-state index contributed by atoms with van der Waals surface area (Å²) in [4.78, 5) is 34.7. The zero-order chi connectivity index (χ0) is 15.7. The van der Waals surface area contributed by atoms with Gasteiger partial charge in [-0.1, -0.05) is 0 Å². The van der Waals surface area contributed by atoms with Gasteiger partial charge in [0.2, 0.25) is 0 Å². The lowest BCUT2D eigenvalue weighted by Crippen LogP contribution is -2.41. The number of fused-ring (bicyclic) bond motifs is 1. The van der Waals surface area contributed by atoms with E-state index in [4.69, 9.17) is 10.2 Å². The van der Waals surface area contributed by atoms with Crippen LogP contribution in [0.25, 0.3) is 10.2 Å². The van der Waals surface area contributed by atoms with Gasteiger partial charge in [-0.15, -0.1) is 11.3 Å². The summed E-state index contributed by atoms with van der Waals surface area (Å²) in [6.07, 6.45) is -0.674. The number of aliphatic carboxylic acids is 2. The lowest BCUT2D eigenvalue weighted by Gasteiger charge is -2.11. The Kier molecular flexibility index (Phi) is 3.94. The van der Waals surface area contributed by atoms with E-state index >= 15 is 0 Å². The minimum absolute atomic E-state index is 0.317. The molecule has 8 nitrogen and oxygen atoms in total. The zero-order valence-electron chi connectivity index (χ0n) is 11.3. The van der Waals surface area contributed by atoms with Crippen LogP contribution in [-0.2, 0) is 16.6 Å². The molecule has 21 heavy (non-hydrogen) atoms. The fraction of sp³-hybridized carbons (Fsp3) is 0.333. The molecule has 2 rings (SSSR count). The van der Waals surface area contributed by atoms with Gasteiger partial charge in [0.25, 0.3) is 5.91 Å². The van der Waals surface area contributed by atoms with Gasteiger partial charge >= 0.3 is 11.9 Å². The highest BCUT2D eigenvalue weighted by atomic mass is 32.1. The van der Waals surface area contributed by atoms with Gasteiger partial charge in [0.15, 0.2) is 0 Å². The van der Waals surface area contributed by atoms with Crippen LogP contribution in [0.3, 0.4) is 0 Å². The number of hydrogen-bond acceptors (Lipinski definition) is 5. The standard InChI is InChI=1S/C12H13N3O5S/c1-5-6-3-8(21-11(6)15(2)14-5)10(18)13-7(12(19)20)4-9(16)17/h3,7H,4H2,1-2H3,(H,13,18)(H,16,17)(H,19,20). The van der Waals surface area contributed by atoms with E-state index in [0.29, 0.717) is 4.88 Å². The number of carbonyl (C=O) groups excluding carboxylic acids is 1. The molecule has 0 spiro atoms. The molecule has 1 amide bonds. The Labute approximate surface area is 123 Å². The predicted molar refractivity (Wildman–Crippen MR) is 74.5 cm³/mol. The number of nitrogens with one attached hydrogen (secondary N) is 1. The Morgan fingerprint density at radius 3 is 2.62 bits per heavy atom. The summed E-state index contributed by atoms with van der Waals surface area (Å²) in [6.45, 7) is 1.81. The molecule has 2 aromatic heterocycles. The number of nitrogens with zero attached hydrogens (tertiary/aromatic N) is 2. The van der Waals surface area contributed by atoms with Gasteiger partial charge in [-0.05, 0) is 13.0 Å². The van der Waals surface area contributed by atoms with Crippen LogP contribution < -0.4 is 5.32 Å². The molecule has 0 radical (unpaired) electrons. The second kappa shape index (κ2) is 5.52. The third kappa shape index (κ3) is 3.02. The predicted octanol–water partition coefficient (Wildman–Crippen LogP) is 0.601. The number of aromatic nitrogens is 2. The minimum atomic E-state index is -1.46. The maximum Gasteiger partial charge on any atom is 0.326 e. The highest BCUT2D eigenvalue weighted by molar-refractivity contribution is 7.20. The SMILES string of the molecule is Cc1nn(C)c2sc(C(=O)NC(CC(=O)O)C(=O)O)cc12. The average Bonchev–Trinajstić information content (AvgIpc) is 2.91. The monoisotopic (exact) mass is 311 g/mol. The summed E-state index contributed by atoms with van der Waals surface area (Å²) >= 11 is 1.17. The topological polar surface area (TPSA) is 122 Å². The van der Waals surface area contributed by atoms with Gasteiger partial charge < -0.3 is 15.5 Å². The molecule has 2 heterocycles. The van der Waals surface area contributed by atoms with Crippen molar-refractivity contribution in [3.05, 3.63) is 16.6 Å². The summed E-state index contributed by atoms with van der Waals surface area (Å²) in [5.41, 5.74) is 0.767. The molecule has 1 unspecified atom stereocenters. The van der Waals surface area contributed by atoms with Crippen LogP contribution in [0.4, 0.5) is 0 Å². The number of thiophene rings is 1. The second-order valence-electron chi connectivity index (χ2n) is 4.50. The van der Waals surface area contributed by atoms with Crippen molar-refractivity contribution in [1.82, 2.24) is 15.1 Å². The normalized spacial score (nSPS) is 12.3. The van der Waals surface area contributed by atoms with Crippen LogP contribution in [0.1, 0.15) is 21.8 Å². The van der Waals surface area contributed by atoms with Crippen molar-refractivity contribution in [1.29, 1.82) is 0 Å². The molecule has 0 bridgehead atoms. The second-order valence-corrected chi connectivity index (χ2v) is 5.53. The van der Waals surface area contributed by atoms with Gasteiger partial charge in [0.1, 0.15) is 10.9 Å². The van der Waals surface area contributed by atoms with E-state index in [1.807, 2.05) is 0 Å². The summed E-state index contributed by atoms with van der Waals surface area (Å²) in [7, 11) is 1.75. The van der Waals surface area contributed by atoms with Gasteiger partial charge in [-0.25, -0.2) is 4.79 Å². The molecule has 0 aliphatic rings. The van der Waals surface area contributed by atoms with Crippen LogP contribution in [0.2, 0.25) is 0 Å². The molecule has 1 atom stereocenters. The molecular weight excluding hydrogens is 298 g/mol. The van der Waals surface area contributed by atoms with E-state index in [-0.39, 0.29) is 0 Å². The van der Waals surface area contributed by atoms with Gasteiger partial charge in [0.05, 0.1) is 17.0 Å². The largest absolute Gasteiger partial charge is 0.481 e. The van der Waals surface area contributed by atoms with E-state index in [9.17, 15) is 14.4 Å². The molecule has 2 aromatic rings. The quantitative estimate of drug-likeness (QED) is 0.743. The highest BCUT2D eigenvalue weighted by Gasteiger charge is 2.25. The lowest BCUT2D eigenvalue weighted by molar-refractivity contribution is -0.145. The number of rotatable bonds is 5. The molecule has 3 N–H and O–H groups in total. The van der Waals surface area contributed by atoms with Crippen molar-refractivity contribution in [2.75, 3.05) is 0 Å². The third-order valence-corrected chi connectivity index (χ3v) is 4.10. The molecule has 112 valence electrons. The number of aryl methyl sites for hydroxylation is 2. The average molecular weight is 311 g/mol. The maximum atomic E-state index is 12.0. The van der Waals surface area contributed by atoms with E-state index in [2.05, 4.69) is 10.4 Å². The summed E-state index contributed by atoms with van der Waals surface area (Å²) in [5, 5.41) is 24.8. The molecule has 0 fully saturated rings. The van der Waals surface area contributed by atoms with E-state index in [1.165, 1.54) is 11.3 Å². The van der Waals surface area contributed by atoms with Crippen molar-refractivity contribution in [2.45, 2.75) is 19.4 Å². The molecular formula is C12H13N3O5S. The molecule has 0 aromatic carbocycles. The highest BCUT2D eigenvalue weighted by Crippen LogP contribution is 2.27. The van der Waals surface area contributed by atoms with Crippen LogP contribution in [0.5, 0.6) is 0 Å². The van der Waals surface area contributed by atoms with Crippen LogP contribution >= 0.6 is 11.3 Å². The fourth-order valence-corrected chi connectivity index (χ4v) is 2.95. The number of amides is 1. The molecule has 9 heteroatoms. The van der Waals surface area contributed by atoms with Crippen molar-refractivity contribution in [3.8, 4) is 0 Å². The smallest absolute Gasteiger partial charge is 0.326 e. The molecule has 0 saturated carbocycles. The van der Waals surface area contributed by atoms with Gasteiger partial charge in [0, 0.05) is 12.4 Å². The number of carboxylic acid groups (broad SMARTS) is 2. The van der Waals surface area contributed by atoms with E-state index < -0.39 is 30.3 Å². The minimum Gasteiger partial charge on any atom is -0.481 e. The Bertz CT molecular complexity index is 698. The Hall–Kier alpha value is -2.42. The van der Waals surface area contributed by atoms with Gasteiger partial charge in [-0.3, -0.25) is 14.3 Å². The van der Waals surface area contributed by atoms with E-state index in [0.717, 1.165) is 15.9 Å². The van der Waals surface area contributed by atoms with Crippen molar-refractivity contribution < 1.29 is 24.6 Å². The third-order valence-electron chi connectivity index (χ3n) is 2.90. The Morgan fingerprint density at radius 1 is 1.43 bits per heavy atom. The lowest BCUT2D eigenvalue weighted by atomic mass is 10.2. The summed E-state index contributed by atoms with van der Waals surface area (Å²) < 4.78 is 1.64. The number of hydrogen-bond donors (Lipinski definition) is 3.